The average molecular weight is 290 g/mol. The average Bonchev–Trinajstić information content (AvgIpc) is 2.96. The lowest BCUT2D eigenvalue weighted by atomic mass is 10.2. The predicted molar refractivity (Wildman–Crippen MR) is 81.0 cm³/mol. The van der Waals surface area contributed by atoms with Crippen LogP contribution in [0.4, 0.5) is 0 Å². The molecular weight excluding hydrogens is 276 g/mol. The standard InChI is InChI=1S/C13H14N4O2S/c1-15-13(14)17-20-8-12-16-7-11(19-12)9-4-3-5-10(6-9)18-2/h3-7H,1,8H2,2H3,(H2,14,17). The maximum atomic E-state index is 5.64. The third-order valence-corrected chi connectivity index (χ3v) is 3.11. The van der Waals surface area contributed by atoms with Crippen molar-refractivity contribution < 1.29 is 9.15 Å². The minimum atomic E-state index is 0.134. The molecule has 0 amide bonds. The van der Waals surface area contributed by atoms with E-state index in [-0.39, 0.29) is 5.96 Å². The zero-order chi connectivity index (χ0) is 14.4. The number of ether oxygens (including phenoxy) is 1. The number of rotatable bonds is 5. The van der Waals surface area contributed by atoms with E-state index in [0.29, 0.717) is 17.4 Å². The van der Waals surface area contributed by atoms with Gasteiger partial charge in [-0.05, 0) is 30.8 Å². The van der Waals surface area contributed by atoms with Crippen LogP contribution in [0.15, 0.2) is 44.3 Å². The summed E-state index contributed by atoms with van der Waals surface area (Å²) in [6.45, 7) is 3.28. The van der Waals surface area contributed by atoms with Crippen molar-refractivity contribution in [3.05, 3.63) is 36.4 Å². The Labute approximate surface area is 120 Å². The molecule has 0 spiro atoms. The topological polar surface area (TPSA) is 86.0 Å². The molecule has 0 fully saturated rings. The van der Waals surface area contributed by atoms with Gasteiger partial charge in [0.25, 0.3) is 0 Å². The molecule has 0 saturated heterocycles. The van der Waals surface area contributed by atoms with Crippen LogP contribution in [0.5, 0.6) is 5.75 Å². The Bertz CT molecular complexity index is 624. The summed E-state index contributed by atoms with van der Waals surface area (Å²) in [5.41, 5.74) is 6.31. The second-order valence-electron chi connectivity index (χ2n) is 3.73. The number of aliphatic imine (C=N–C) groups is 1. The van der Waals surface area contributed by atoms with Gasteiger partial charge in [0.05, 0.1) is 19.1 Å². The lowest BCUT2D eigenvalue weighted by Crippen LogP contribution is -2.05. The van der Waals surface area contributed by atoms with Crippen LogP contribution in [0.3, 0.4) is 0 Å². The number of hydrogen-bond acceptors (Lipinski definition) is 5. The van der Waals surface area contributed by atoms with E-state index in [0.717, 1.165) is 11.3 Å². The van der Waals surface area contributed by atoms with Crippen molar-refractivity contribution in [2.75, 3.05) is 7.11 Å². The summed E-state index contributed by atoms with van der Waals surface area (Å²) >= 11 is 1.20. The number of nitrogens with zero attached hydrogens (tertiary/aromatic N) is 3. The van der Waals surface area contributed by atoms with Crippen molar-refractivity contribution in [1.29, 1.82) is 0 Å². The summed E-state index contributed by atoms with van der Waals surface area (Å²) in [5.74, 6) is 2.62. The summed E-state index contributed by atoms with van der Waals surface area (Å²) in [5, 5.41) is 0. The number of nitrogens with two attached hydrogens (primary N) is 1. The molecule has 0 atom stereocenters. The summed E-state index contributed by atoms with van der Waals surface area (Å²) in [6, 6.07) is 7.58. The largest absolute Gasteiger partial charge is 0.497 e. The maximum absolute atomic E-state index is 5.64. The molecule has 2 rings (SSSR count). The van der Waals surface area contributed by atoms with Crippen LogP contribution in [-0.2, 0) is 5.75 Å². The van der Waals surface area contributed by atoms with Crippen molar-refractivity contribution in [3.63, 3.8) is 0 Å². The van der Waals surface area contributed by atoms with Gasteiger partial charge in [-0.3, -0.25) is 0 Å². The minimum Gasteiger partial charge on any atom is -0.497 e. The molecule has 0 unspecified atom stereocenters. The summed E-state index contributed by atoms with van der Waals surface area (Å²) < 4.78 is 14.7. The fourth-order valence-electron chi connectivity index (χ4n) is 1.47. The number of benzene rings is 1. The molecule has 2 N–H and O–H groups in total. The first-order valence-electron chi connectivity index (χ1n) is 5.74. The van der Waals surface area contributed by atoms with E-state index in [1.54, 1.807) is 13.3 Å². The smallest absolute Gasteiger partial charge is 0.226 e. The molecule has 1 aromatic carbocycles. The van der Waals surface area contributed by atoms with Crippen molar-refractivity contribution in [2.24, 2.45) is 15.1 Å². The molecule has 7 heteroatoms. The Kier molecular flexibility index (Phi) is 4.78. The summed E-state index contributed by atoms with van der Waals surface area (Å²) in [7, 11) is 1.62. The van der Waals surface area contributed by atoms with Crippen LogP contribution < -0.4 is 10.5 Å². The molecule has 20 heavy (non-hydrogen) atoms. The van der Waals surface area contributed by atoms with Crippen molar-refractivity contribution >= 4 is 24.6 Å². The highest BCUT2D eigenvalue weighted by Gasteiger charge is 2.07. The molecule has 0 saturated carbocycles. The Balaban J connectivity index is 2.06. The Hall–Kier alpha value is -2.28. The van der Waals surface area contributed by atoms with Gasteiger partial charge in [-0.15, -0.1) is 0 Å². The van der Waals surface area contributed by atoms with E-state index in [1.165, 1.54) is 11.9 Å². The molecule has 1 heterocycles. The second-order valence-corrected chi connectivity index (χ2v) is 4.46. The lowest BCUT2D eigenvalue weighted by Gasteiger charge is -2.01. The van der Waals surface area contributed by atoms with Crippen LogP contribution >= 0.6 is 11.9 Å². The third kappa shape index (κ3) is 3.61. The first kappa shape index (κ1) is 14.1. The number of hydrogen-bond donors (Lipinski definition) is 1. The van der Waals surface area contributed by atoms with E-state index >= 15 is 0 Å². The molecule has 2 aromatic rings. The van der Waals surface area contributed by atoms with E-state index in [9.17, 15) is 0 Å². The minimum absolute atomic E-state index is 0.134. The zero-order valence-corrected chi connectivity index (χ0v) is 11.8. The first-order chi connectivity index (χ1) is 9.72. The molecule has 0 aliphatic carbocycles. The Morgan fingerprint density at radius 1 is 1.55 bits per heavy atom. The van der Waals surface area contributed by atoms with Gasteiger partial charge in [-0.25, -0.2) is 9.98 Å². The Morgan fingerprint density at radius 3 is 3.15 bits per heavy atom. The van der Waals surface area contributed by atoms with Crippen LogP contribution in [0.25, 0.3) is 11.3 Å². The molecule has 1 aromatic heterocycles. The fraction of sp³-hybridized carbons (Fsp3) is 0.154. The highest BCUT2D eigenvalue weighted by atomic mass is 32.2. The summed E-state index contributed by atoms with van der Waals surface area (Å²) in [4.78, 5) is 7.67. The molecule has 0 aliphatic rings. The molecular formula is C13H14N4O2S. The second kappa shape index (κ2) is 6.76. The van der Waals surface area contributed by atoms with Crippen LogP contribution in [0, 0.1) is 0 Å². The van der Waals surface area contributed by atoms with Gasteiger partial charge < -0.3 is 14.9 Å². The van der Waals surface area contributed by atoms with Crippen LogP contribution in [0.1, 0.15) is 5.89 Å². The summed E-state index contributed by atoms with van der Waals surface area (Å²) in [6.07, 6.45) is 1.67. The highest BCUT2D eigenvalue weighted by molar-refractivity contribution is 7.97. The number of methoxy groups -OCH3 is 1. The normalized spacial score (nSPS) is 11.3. The van der Waals surface area contributed by atoms with E-state index < -0.39 is 0 Å². The molecule has 0 bridgehead atoms. The molecule has 6 nitrogen and oxygen atoms in total. The van der Waals surface area contributed by atoms with Crippen molar-refractivity contribution in [2.45, 2.75) is 5.75 Å². The van der Waals surface area contributed by atoms with Gasteiger partial charge in [0.15, 0.2) is 5.76 Å². The van der Waals surface area contributed by atoms with Crippen LogP contribution in [0.2, 0.25) is 0 Å². The Morgan fingerprint density at radius 2 is 2.40 bits per heavy atom. The monoisotopic (exact) mass is 290 g/mol. The zero-order valence-electron chi connectivity index (χ0n) is 10.9. The van der Waals surface area contributed by atoms with Gasteiger partial charge in [0.2, 0.25) is 11.9 Å². The lowest BCUT2D eigenvalue weighted by molar-refractivity contribution is 0.414. The fourth-order valence-corrected chi connectivity index (χ4v) is 1.97. The van der Waals surface area contributed by atoms with Crippen molar-refractivity contribution in [3.8, 4) is 17.1 Å². The third-order valence-electron chi connectivity index (χ3n) is 2.42. The van der Waals surface area contributed by atoms with E-state index in [1.807, 2.05) is 24.3 Å². The van der Waals surface area contributed by atoms with Gasteiger partial charge in [0.1, 0.15) is 5.75 Å². The SMILES string of the molecule is C=NC(N)=NSCc1ncc(-c2cccc(OC)c2)o1. The first-order valence-corrected chi connectivity index (χ1v) is 6.68. The number of guanidine groups is 1. The molecule has 104 valence electrons. The maximum Gasteiger partial charge on any atom is 0.226 e. The van der Waals surface area contributed by atoms with Crippen LogP contribution in [-0.4, -0.2) is 24.8 Å². The molecule has 0 aliphatic heterocycles. The van der Waals surface area contributed by atoms with Gasteiger partial charge in [-0.2, -0.15) is 4.40 Å². The predicted octanol–water partition coefficient (Wildman–Crippen LogP) is 2.51. The highest BCUT2D eigenvalue weighted by Crippen LogP contribution is 2.25. The van der Waals surface area contributed by atoms with Gasteiger partial charge in [-0.1, -0.05) is 12.1 Å². The van der Waals surface area contributed by atoms with Gasteiger partial charge in [0, 0.05) is 5.56 Å². The van der Waals surface area contributed by atoms with Crippen molar-refractivity contribution in [1.82, 2.24) is 4.98 Å². The quantitative estimate of drug-likeness (QED) is 0.519. The van der Waals surface area contributed by atoms with E-state index in [4.69, 9.17) is 14.9 Å². The number of aromatic nitrogens is 1. The molecule has 0 radical (unpaired) electrons. The van der Waals surface area contributed by atoms with E-state index in [2.05, 4.69) is 21.1 Å². The van der Waals surface area contributed by atoms with Gasteiger partial charge >= 0.3 is 0 Å². The number of oxazole rings is 1.